The van der Waals surface area contributed by atoms with E-state index in [1.807, 2.05) is 44.2 Å². The van der Waals surface area contributed by atoms with Gasteiger partial charge in [0.15, 0.2) is 0 Å². The van der Waals surface area contributed by atoms with E-state index in [1.54, 1.807) is 6.07 Å². The maximum Gasteiger partial charge on any atom is 0.214 e. The summed E-state index contributed by atoms with van der Waals surface area (Å²) in [5.41, 5.74) is 3.90. The van der Waals surface area contributed by atoms with E-state index in [2.05, 4.69) is 23.6 Å². The second-order valence-electron chi connectivity index (χ2n) is 5.94. The largest absolute Gasteiger partial charge is 0.336 e. The van der Waals surface area contributed by atoms with Gasteiger partial charge in [-0.1, -0.05) is 58.0 Å². The lowest BCUT2D eigenvalue weighted by atomic mass is 9.83. The van der Waals surface area contributed by atoms with Crippen molar-refractivity contribution >= 4 is 0 Å². The Balaban J connectivity index is 2.86. The van der Waals surface area contributed by atoms with Gasteiger partial charge in [0.1, 0.15) is 0 Å². The van der Waals surface area contributed by atoms with E-state index in [0.717, 1.165) is 22.3 Å². The summed E-state index contributed by atoms with van der Waals surface area (Å²) in [5.74, 6) is 0.585. The highest BCUT2D eigenvalue weighted by atomic mass is 17.1. The molecule has 0 aliphatic heterocycles. The third-order valence-electron chi connectivity index (χ3n) is 3.75. The molecule has 2 rings (SSSR count). The highest BCUT2D eigenvalue weighted by Crippen LogP contribution is 2.45. The van der Waals surface area contributed by atoms with Crippen LogP contribution in [0.1, 0.15) is 50.7 Å². The van der Waals surface area contributed by atoms with Crippen molar-refractivity contribution in [1.29, 1.82) is 0 Å². The van der Waals surface area contributed by atoms with Gasteiger partial charge in [-0.05, 0) is 34.6 Å². The highest BCUT2D eigenvalue weighted by Gasteiger charge is 2.25. The minimum absolute atomic E-state index is 0.0945. The van der Waals surface area contributed by atoms with Crippen LogP contribution in [-0.4, -0.2) is 10.5 Å². The number of rotatable bonds is 5. The molecule has 2 N–H and O–H groups in total. The first-order chi connectivity index (χ1) is 10.5. The van der Waals surface area contributed by atoms with Crippen molar-refractivity contribution in [2.24, 2.45) is 0 Å². The first-order valence-electron chi connectivity index (χ1n) is 7.40. The van der Waals surface area contributed by atoms with Crippen molar-refractivity contribution < 1.29 is 20.3 Å². The van der Waals surface area contributed by atoms with Crippen LogP contribution in [0.25, 0.3) is 11.1 Å². The molecule has 0 saturated carbocycles. The molecule has 4 heteroatoms. The molecule has 0 saturated heterocycles. The van der Waals surface area contributed by atoms with E-state index in [9.17, 15) is 5.26 Å². The standard InChI is InChI=1S/C18H22O4/c1-11(2)16-14(13-8-6-5-7-9-13)10-15(21-19)18(22-20)17(16)12(3)4/h5-12,19-20H,1-4H3. The van der Waals surface area contributed by atoms with Gasteiger partial charge >= 0.3 is 0 Å². The van der Waals surface area contributed by atoms with Gasteiger partial charge in [0.25, 0.3) is 0 Å². The molecule has 0 bridgehead atoms. The van der Waals surface area contributed by atoms with E-state index in [1.165, 1.54) is 0 Å². The number of hydrogen-bond acceptors (Lipinski definition) is 4. The molecule has 0 spiro atoms. The molecule has 118 valence electrons. The lowest BCUT2D eigenvalue weighted by Gasteiger charge is -2.23. The zero-order chi connectivity index (χ0) is 16.3. The molecule has 0 amide bonds. The molecule has 22 heavy (non-hydrogen) atoms. The Morgan fingerprint density at radius 3 is 1.86 bits per heavy atom. The van der Waals surface area contributed by atoms with E-state index >= 15 is 0 Å². The summed E-state index contributed by atoms with van der Waals surface area (Å²) in [6, 6.07) is 11.6. The third-order valence-corrected chi connectivity index (χ3v) is 3.75. The predicted octanol–water partition coefficient (Wildman–Crippen LogP) is 5.30. The summed E-state index contributed by atoms with van der Waals surface area (Å²) in [4.78, 5) is 8.96. The Labute approximate surface area is 130 Å². The van der Waals surface area contributed by atoms with Gasteiger partial charge in [0, 0.05) is 5.56 Å². The summed E-state index contributed by atoms with van der Waals surface area (Å²) in [5, 5.41) is 18.4. The average molecular weight is 302 g/mol. The zero-order valence-corrected chi connectivity index (χ0v) is 13.3. The van der Waals surface area contributed by atoms with Crippen molar-refractivity contribution in [2.45, 2.75) is 39.5 Å². The van der Waals surface area contributed by atoms with Crippen LogP contribution in [0, 0.1) is 0 Å². The smallest absolute Gasteiger partial charge is 0.214 e. The Bertz CT molecular complexity index is 633. The van der Waals surface area contributed by atoms with Crippen LogP contribution in [-0.2, 0) is 0 Å². The minimum atomic E-state index is 0.0945. The van der Waals surface area contributed by atoms with Crippen molar-refractivity contribution in [3.8, 4) is 22.6 Å². The fourth-order valence-corrected chi connectivity index (χ4v) is 2.89. The van der Waals surface area contributed by atoms with Crippen LogP contribution in [0.15, 0.2) is 36.4 Å². The molecule has 0 heterocycles. The Kier molecular flexibility index (Phi) is 5.06. The maximum absolute atomic E-state index is 9.26. The first kappa shape index (κ1) is 16.3. The molecule has 0 aromatic heterocycles. The van der Waals surface area contributed by atoms with Crippen LogP contribution in [0.5, 0.6) is 11.5 Å². The Morgan fingerprint density at radius 2 is 1.41 bits per heavy atom. The van der Waals surface area contributed by atoms with Crippen molar-refractivity contribution in [3.63, 3.8) is 0 Å². The van der Waals surface area contributed by atoms with Crippen LogP contribution < -0.4 is 9.78 Å². The molecule has 4 nitrogen and oxygen atoms in total. The van der Waals surface area contributed by atoms with Crippen molar-refractivity contribution in [1.82, 2.24) is 0 Å². The molecule has 0 unspecified atom stereocenters. The van der Waals surface area contributed by atoms with Crippen LogP contribution in [0.3, 0.4) is 0 Å². The molecular weight excluding hydrogens is 280 g/mol. The highest BCUT2D eigenvalue weighted by molar-refractivity contribution is 5.75. The average Bonchev–Trinajstić information content (AvgIpc) is 2.53. The third kappa shape index (κ3) is 2.93. The second-order valence-corrected chi connectivity index (χ2v) is 5.94. The fraction of sp³-hybridized carbons (Fsp3) is 0.333. The SMILES string of the molecule is CC(C)c1c(-c2ccccc2)cc(OO)c(OO)c1C(C)C. The van der Waals surface area contributed by atoms with Crippen molar-refractivity contribution in [3.05, 3.63) is 47.5 Å². The van der Waals surface area contributed by atoms with Gasteiger partial charge < -0.3 is 9.78 Å². The van der Waals surface area contributed by atoms with Crippen LogP contribution >= 0.6 is 0 Å². The summed E-state index contributed by atoms with van der Waals surface area (Å²) >= 11 is 0. The Morgan fingerprint density at radius 1 is 0.818 bits per heavy atom. The molecule has 2 aromatic rings. The molecule has 0 aliphatic carbocycles. The minimum Gasteiger partial charge on any atom is -0.336 e. The molecule has 0 aliphatic rings. The van der Waals surface area contributed by atoms with E-state index in [4.69, 9.17) is 5.26 Å². The Hall–Kier alpha value is -2.04. The first-order valence-corrected chi connectivity index (χ1v) is 7.40. The maximum atomic E-state index is 9.26. The quantitative estimate of drug-likeness (QED) is 0.581. The van der Waals surface area contributed by atoms with Gasteiger partial charge in [-0.2, -0.15) is 0 Å². The predicted molar refractivity (Wildman–Crippen MR) is 86.6 cm³/mol. The van der Waals surface area contributed by atoms with Crippen molar-refractivity contribution in [2.75, 3.05) is 0 Å². The monoisotopic (exact) mass is 302 g/mol. The fourth-order valence-electron chi connectivity index (χ4n) is 2.89. The van der Waals surface area contributed by atoms with E-state index in [0.29, 0.717) is 0 Å². The van der Waals surface area contributed by atoms with Crippen LogP contribution in [0.2, 0.25) is 0 Å². The lowest BCUT2D eigenvalue weighted by molar-refractivity contribution is -0.164. The van der Waals surface area contributed by atoms with Gasteiger partial charge in [0.2, 0.25) is 11.5 Å². The molecule has 0 radical (unpaired) electrons. The summed E-state index contributed by atoms with van der Waals surface area (Å²) in [6.45, 7) is 8.21. The second kappa shape index (κ2) is 6.81. The molecule has 0 fully saturated rings. The van der Waals surface area contributed by atoms with Gasteiger partial charge in [-0.3, -0.25) is 0 Å². The van der Waals surface area contributed by atoms with E-state index < -0.39 is 0 Å². The topological polar surface area (TPSA) is 58.9 Å². The van der Waals surface area contributed by atoms with E-state index in [-0.39, 0.29) is 23.3 Å². The summed E-state index contributed by atoms with van der Waals surface area (Å²) in [7, 11) is 0. The van der Waals surface area contributed by atoms with Gasteiger partial charge in [0.05, 0.1) is 0 Å². The van der Waals surface area contributed by atoms with Gasteiger partial charge in [-0.15, -0.1) is 0 Å². The summed E-state index contributed by atoms with van der Waals surface area (Å²) < 4.78 is 0. The molecular formula is C18H22O4. The molecule has 0 atom stereocenters. The van der Waals surface area contributed by atoms with Gasteiger partial charge in [-0.25, -0.2) is 10.5 Å². The number of hydrogen-bond donors (Lipinski definition) is 2. The number of benzene rings is 2. The lowest BCUT2D eigenvalue weighted by Crippen LogP contribution is -2.07. The van der Waals surface area contributed by atoms with Crippen LogP contribution in [0.4, 0.5) is 0 Å². The zero-order valence-electron chi connectivity index (χ0n) is 13.3. The summed E-state index contributed by atoms with van der Waals surface area (Å²) in [6.07, 6.45) is 0. The molecule has 2 aromatic carbocycles. The normalized spacial score (nSPS) is 11.1.